The monoisotopic (exact) mass is 331 g/mol. The Morgan fingerprint density at radius 3 is 2.50 bits per heavy atom. The van der Waals surface area contributed by atoms with Gasteiger partial charge in [-0.05, 0) is 53.6 Å². The first kappa shape index (κ1) is 16.0. The zero-order valence-electron chi connectivity index (χ0n) is 11.3. The van der Waals surface area contributed by atoms with Crippen molar-refractivity contribution < 1.29 is 5.11 Å². The van der Waals surface area contributed by atoms with E-state index in [9.17, 15) is 5.11 Å². The molecule has 2 nitrogen and oxygen atoms in total. The summed E-state index contributed by atoms with van der Waals surface area (Å²) < 4.78 is 1.07. The van der Waals surface area contributed by atoms with Crippen LogP contribution in [0.1, 0.15) is 32.4 Å². The second-order valence-corrected chi connectivity index (χ2v) is 6.23. The van der Waals surface area contributed by atoms with Crippen LogP contribution in [0.25, 0.3) is 0 Å². The molecule has 0 radical (unpaired) electrons. The quantitative estimate of drug-likeness (QED) is 0.765. The highest BCUT2D eigenvalue weighted by Gasteiger charge is 2.06. The van der Waals surface area contributed by atoms with E-state index < -0.39 is 6.10 Å². The van der Waals surface area contributed by atoms with Crippen LogP contribution in [0.4, 0.5) is 0 Å². The maximum absolute atomic E-state index is 9.52. The fourth-order valence-corrected chi connectivity index (χ4v) is 3.39. The van der Waals surface area contributed by atoms with Gasteiger partial charge in [-0.3, -0.25) is 0 Å². The summed E-state index contributed by atoms with van der Waals surface area (Å²) in [5.41, 5.74) is 0.954. The zero-order chi connectivity index (χ0) is 13.5. The summed E-state index contributed by atoms with van der Waals surface area (Å²) in [5, 5.41) is 9.52. The SMILES string of the molecule is CCN(CC)CCSc1ccc(C(C)O)cc1Br. The van der Waals surface area contributed by atoms with Crippen LogP contribution in [0.15, 0.2) is 27.6 Å². The van der Waals surface area contributed by atoms with Gasteiger partial charge in [-0.25, -0.2) is 0 Å². The molecule has 102 valence electrons. The van der Waals surface area contributed by atoms with Crippen LogP contribution < -0.4 is 0 Å². The highest BCUT2D eigenvalue weighted by molar-refractivity contribution is 9.10. The van der Waals surface area contributed by atoms with Crippen molar-refractivity contribution in [3.8, 4) is 0 Å². The van der Waals surface area contributed by atoms with Gasteiger partial charge in [-0.2, -0.15) is 0 Å². The Morgan fingerprint density at radius 1 is 1.33 bits per heavy atom. The van der Waals surface area contributed by atoms with Gasteiger partial charge in [0.15, 0.2) is 0 Å². The molecule has 0 heterocycles. The van der Waals surface area contributed by atoms with E-state index in [1.807, 2.05) is 23.9 Å². The van der Waals surface area contributed by atoms with Crippen molar-refractivity contribution in [1.82, 2.24) is 4.90 Å². The molecule has 0 amide bonds. The lowest BCUT2D eigenvalue weighted by molar-refractivity contribution is 0.199. The number of halogens is 1. The second-order valence-electron chi connectivity index (χ2n) is 4.24. The minimum absolute atomic E-state index is 0.406. The molecule has 0 aliphatic rings. The first-order valence-corrected chi connectivity index (χ1v) is 8.19. The van der Waals surface area contributed by atoms with Crippen molar-refractivity contribution in [3.63, 3.8) is 0 Å². The molecule has 1 aromatic carbocycles. The van der Waals surface area contributed by atoms with Crippen LogP contribution in [0.3, 0.4) is 0 Å². The minimum Gasteiger partial charge on any atom is -0.389 e. The molecular formula is C14H22BrNOS. The van der Waals surface area contributed by atoms with Crippen LogP contribution in [-0.2, 0) is 0 Å². The summed E-state index contributed by atoms with van der Waals surface area (Å²) in [6.07, 6.45) is -0.406. The lowest BCUT2D eigenvalue weighted by Crippen LogP contribution is -2.25. The predicted molar refractivity (Wildman–Crippen MR) is 83.3 cm³/mol. The largest absolute Gasteiger partial charge is 0.389 e. The fourth-order valence-electron chi connectivity index (χ4n) is 1.72. The summed E-state index contributed by atoms with van der Waals surface area (Å²) in [5.74, 6) is 1.09. The van der Waals surface area contributed by atoms with Crippen molar-refractivity contribution in [3.05, 3.63) is 28.2 Å². The molecule has 1 N–H and O–H groups in total. The number of rotatable bonds is 7. The highest BCUT2D eigenvalue weighted by Crippen LogP contribution is 2.30. The lowest BCUT2D eigenvalue weighted by atomic mass is 10.1. The molecule has 4 heteroatoms. The average Bonchev–Trinajstić information content (AvgIpc) is 2.36. The van der Waals surface area contributed by atoms with E-state index in [1.54, 1.807) is 6.92 Å². The number of thioether (sulfide) groups is 1. The summed E-state index contributed by atoms with van der Waals surface area (Å²) in [7, 11) is 0. The molecule has 0 aromatic heterocycles. The third-order valence-corrected chi connectivity index (χ3v) is 4.97. The van der Waals surface area contributed by atoms with E-state index in [2.05, 4.69) is 40.7 Å². The van der Waals surface area contributed by atoms with E-state index in [4.69, 9.17) is 0 Å². The van der Waals surface area contributed by atoms with E-state index in [0.29, 0.717) is 0 Å². The third-order valence-electron chi connectivity index (χ3n) is 3.00. The Morgan fingerprint density at radius 2 is 2.00 bits per heavy atom. The summed E-state index contributed by atoms with van der Waals surface area (Å²) >= 11 is 5.43. The molecule has 0 aliphatic heterocycles. The second kappa shape index (κ2) is 8.20. The topological polar surface area (TPSA) is 23.5 Å². The average molecular weight is 332 g/mol. The Balaban J connectivity index is 2.53. The van der Waals surface area contributed by atoms with Crippen LogP contribution in [0, 0.1) is 0 Å². The van der Waals surface area contributed by atoms with E-state index in [1.165, 1.54) is 4.90 Å². The summed E-state index contributed by atoms with van der Waals surface area (Å²) in [6.45, 7) is 9.51. The molecule has 0 aliphatic carbocycles. The van der Waals surface area contributed by atoms with Gasteiger partial charge in [0.05, 0.1) is 6.10 Å². The van der Waals surface area contributed by atoms with Gasteiger partial charge >= 0.3 is 0 Å². The first-order valence-electron chi connectivity index (χ1n) is 6.41. The standard InChI is InChI=1S/C14H22BrNOS/c1-4-16(5-2)8-9-18-14-7-6-12(11(3)17)10-13(14)15/h6-7,10-11,17H,4-5,8-9H2,1-3H3. The number of hydrogen-bond acceptors (Lipinski definition) is 3. The van der Waals surface area contributed by atoms with Crippen molar-refractivity contribution in [2.45, 2.75) is 31.8 Å². The minimum atomic E-state index is -0.406. The van der Waals surface area contributed by atoms with E-state index in [0.717, 1.165) is 35.4 Å². The Hall–Kier alpha value is -0.0300. The predicted octanol–water partition coefficient (Wildman–Crippen LogP) is 3.94. The number of aliphatic hydroxyl groups is 1. The van der Waals surface area contributed by atoms with Crippen LogP contribution in [0.5, 0.6) is 0 Å². The normalized spacial score (nSPS) is 13.0. The molecule has 1 unspecified atom stereocenters. The van der Waals surface area contributed by atoms with Gasteiger partial charge in [0.2, 0.25) is 0 Å². The molecule has 18 heavy (non-hydrogen) atoms. The van der Waals surface area contributed by atoms with Crippen LogP contribution in [-0.4, -0.2) is 35.4 Å². The summed E-state index contributed by atoms with van der Waals surface area (Å²) in [4.78, 5) is 3.66. The smallest absolute Gasteiger partial charge is 0.0762 e. The van der Waals surface area contributed by atoms with E-state index >= 15 is 0 Å². The molecule has 0 saturated heterocycles. The molecule has 0 saturated carbocycles. The number of nitrogens with zero attached hydrogens (tertiary/aromatic N) is 1. The van der Waals surface area contributed by atoms with Gasteiger partial charge in [0.1, 0.15) is 0 Å². The van der Waals surface area contributed by atoms with Gasteiger partial charge < -0.3 is 10.0 Å². The molecular weight excluding hydrogens is 310 g/mol. The first-order chi connectivity index (χ1) is 8.58. The lowest BCUT2D eigenvalue weighted by Gasteiger charge is -2.17. The summed E-state index contributed by atoms with van der Waals surface area (Å²) in [6, 6.07) is 6.08. The molecule has 0 fully saturated rings. The molecule has 1 aromatic rings. The highest BCUT2D eigenvalue weighted by atomic mass is 79.9. The Bertz CT molecular complexity index is 367. The molecule has 0 spiro atoms. The Kier molecular flexibility index (Phi) is 7.30. The van der Waals surface area contributed by atoms with Crippen LogP contribution >= 0.6 is 27.7 Å². The van der Waals surface area contributed by atoms with Gasteiger partial charge in [-0.15, -0.1) is 11.8 Å². The maximum Gasteiger partial charge on any atom is 0.0762 e. The van der Waals surface area contributed by atoms with Crippen molar-refractivity contribution in [2.24, 2.45) is 0 Å². The van der Waals surface area contributed by atoms with E-state index in [-0.39, 0.29) is 0 Å². The van der Waals surface area contributed by atoms with Gasteiger partial charge in [0.25, 0.3) is 0 Å². The van der Waals surface area contributed by atoms with Crippen LogP contribution in [0.2, 0.25) is 0 Å². The number of benzene rings is 1. The zero-order valence-corrected chi connectivity index (χ0v) is 13.7. The fraction of sp³-hybridized carbons (Fsp3) is 0.571. The van der Waals surface area contributed by atoms with Crippen molar-refractivity contribution >= 4 is 27.7 Å². The number of aliphatic hydroxyl groups excluding tert-OH is 1. The molecule has 1 atom stereocenters. The van der Waals surface area contributed by atoms with Gasteiger partial charge in [0, 0.05) is 21.7 Å². The third kappa shape index (κ3) is 4.92. The van der Waals surface area contributed by atoms with Gasteiger partial charge in [-0.1, -0.05) is 19.9 Å². The maximum atomic E-state index is 9.52. The Labute approximate surface area is 123 Å². The molecule has 1 rings (SSSR count). The van der Waals surface area contributed by atoms with Crippen molar-refractivity contribution in [2.75, 3.05) is 25.4 Å². The van der Waals surface area contributed by atoms with Crippen molar-refractivity contribution in [1.29, 1.82) is 0 Å². The molecule has 0 bridgehead atoms. The number of hydrogen-bond donors (Lipinski definition) is 1.